The summed E-state index contributed by atoms with van der Waals surface area (Å²) in [5.74, 6) is -0.383. The summed E-state index contributed by atoms with van der Waals surface area (Å²) in [6, 6.07) is 14.7. The van der Waals surface area contributed by atoms with Gasteiger partial charge in [-0.1, -0.05) is 11.3 Å². The number of anilines is 3. The minimum absolute atomic E-state index is 0.187. The molecule has 134 valence electrons. The second-order valence-electron chi connectivity index (χ2n) is 5.91. The summed E-state index contributed by atoms with van der Waals surface area (Å²) in [7, 11) is 0. The largest absolute Gasteiger partial charge is 0.399 e. The van der Waals surface area contributed by atoms with E-state index in [1.807, 2.05) is 29.0 Å². The van der Waals surface area contributed by atoms with Crippen LogP contribution in [-0.4, -0.2) is 20.9 Å². The van der Waals surface area contributed by atoms with Crippen LogP contribution in [0, 0.1) is 0 Å². The maximum Gasteiger partial charge on any atom is 0.277 e. The molecular formula is C19H16N6OS. The van der Waals surface area contributed by atoms with Gasteiger partial charge in [0.05, 0.1) is 23.3 Å². The molecule has 0 saturated heterocycles. The first kappa shape index (κ1) is 16.8. The van der Waals surface area contributed by atoms with E-state index in [4.69, 9.17) is 11.5 Å². The van der Waals surface area contributed by atoms with Crippen molar-refractivity contribution in [2.24, 2.45) is 0 Å². The third-order valence-electron chi connectivity index (χ3n) is 4.04. The molecule has 8 heteroatoms. The Balaban J connectivity index is 1.56. The van der Waals surface area contributed by atoms with Crippen molar-refractivity contribution in [2.45, 2.75) is 0 Å². The van der Waals surface area contributed by atoms with Gasteiger partial charge in [0, 0.05) is 5.69 Å². The van der Waals surface area contributed by atoms with Crippen LogP contribution in [0.1, 0.15) is 10.5 Å². The van der Waals surface area contributed by atoms with Crippen molar-refractivity contribution in [1.29, 1.82) is 0 Å². The molecule has 0 fully saturated rings. The van der Waals surface area contributed by atoms with Crippen LogP contribution < -0.4 is 16.8 Å². The molecule has 7 nitrogen and oxygen atoms in total. The predicted octanol–water partition coefficient (Wildman–Crippen LogP) is 3.41. The second kappa shape index (κ2) is 6.93. The van der Waals surface area contributed by atoms with Crippen LogP contribution in [0.15, 0.2) is 65.5 Å². The molecule has 2 aromatic heterocycles. The van der Waals surface area contributed by atoms with Gasteiger partial charge in [0.2, 0.25) is 0 Å². The Labute approximate surface area is 159 Å². The fourth-order valence-electron chi connectivity index (χ4n) is 2.58. The molecule has 0 aliphatic rings. The lowest BCUT2D eigenvalue weighted by Crippen LogP contribution is -2.13. The van der Waals surface area contributed by atoms with Crippen LogP contribution in [0.2, 0.25) is 0 Å². The normalized spacial score (nSPS) is 10.7. The summed E-state index contributed by atoms with van der Waals surface area (Å²) in [6.45, 7) is 0. The fraction of sp³-hybridized carbons (Fsp3) is 0. The van der Waals surface area contributed by atoms with Crippen LogP contribution in [-0.2, 0) is 0 Å². The van der Waals surface area contributed by atoms with Crippen molar-refractivity contribution in [3.8, 4) is 16.8 Å². The summed E-state index contributed by atoms with van der Waals surface area (Å²) in [5, 5.41) is 14.8. The number of carbonyl (C=O) groups is 1. The molecule has 1 amide bonds. The molecule has 0 spiro atoms. The fourth-order valence-corrected chi connectivity index (χ4v) is 3.25. The van der Waals surface area contributed by atoms with E-state index in [2.05, 4.69) is 15.6 Å². The zero-order valence-electron chi connectivity index (χ0n) is 14.2. The number of nitrogens with one attached hydrogen (secondary N) is 1. The maximum absolute atomic E-state index is 12.6. The van der Waals surface area contributed by atoms with Crippen molar-refractivity contribution in [3.05, 3.63) is 71.2 Å². The molecule has 0 atom stereocenters. The lowest BCUT2D eigenvalue weighted by Gasteiger charge is -2.09. The summed E-state index contributed by atoms with van der Waals surface area (Å²) >= 11 is 1.61. The van der Waals surface area contributed by atoms with Crippen LogP contribution in [0.3, 0.4) is 0 Å². The van der Waals surface area contributed by atoms with Gasteiger partial charge < -0.3 is 16.8 Å². The third-order valence-corrected chi connectivity index (χ3v) is 4.72. The Hall–Kier alpha value is -3.65. The summed E-state index contributed by atoms with van der Waals surface area (Å²) in [5.41, 5.74) is 16.4. The van der Waals surface area contributed by atoms with Gasteiger partial charge >= 0.3 is 0 Å². The van der Waals surface area contributed by atoms with Gasteiger partial charge in [-0.15, -0.1) is 5.10 Å². The van der Waals surface area contributed by atoms with Gasteiger partial charge in [-0.3, -0.25) is 4.79 Å². The second-order valence-corrected chi connectivity index (χ2v) is 6.69. The van der Waals surface area contributed by atoms with Crippen molar-refractivity contribution in [1.82, 2.24) is 15.0 Å². The van der Waals surface area contributed by atoms with Gasteiger partial charge in [0.25, 0.3) is 5.91 Å². The molecule has 0 aliphatic carbocycles. The molecular weight excluding hydrogens is 360 g/mol. The van der Waals surface area contributed by atoms with Crippen LogP contribution in [0.5, 0.6) is 0 Å². The molecule has 2 aromatic carbocycles. The van der Waals surface area contributed by atoms with E-state index < -0.39 is 0 Å². The van der Waals surface area contributed by atoms with E-state index in [0.717, 1.165) is 16.8 Å². The van der Waals surface area contributed by atoms with Gasteiger partial charge in [0.1, 0.15) is 0 Å². The summed E-state index contributed by atoms with van der Waals surface area (Å²) in [6.07, 6.45) is 1.56. The summed E-state index contributed by atoms with van der Waals surface area (Å²) in [4.78, 5) is 12.6. The monoisotopic (exact) mass is 376 g/mol. The Kier molecular flexibility index (Phi) is 4.31. The zero-order valence-corrected chi connectivity index (χ0v) is 15.0. The SMILES string of the molecule is Nc1ccc(-n2cc(C(=O)Nc3cc(-c4ccsc4)ccc3N)nn2)cc1. The predicted molar refractivity (Wildman–Crippen MR) is 108 cm³/mol. The maximum atomic E-state index is 12.6. The number of hydrogen-bond donors (Lipinski definition) is 3. The van der Waals surface area contributed by atoms with Crippen molar-refractivity contribution < 1.29 is 4.79 Å². The molecule has 0 unspecified atom stereocenters. The molecule has 4 rings (SSSR count). The first-order valence-electron chi connectivity index (χ1n) is 8.12. The minimum Gasteiger partial charge on any atom is -0.399 e. The highest BCUT2D eigenvalue weighted by Crippen LogP contribution is 2.28. The molecule has 0 radical (unpaired) electrons. The average Bonchev–Trinajstić information content (AvgIpc) is 3.36. The van der Waals surface area contributed by atoms with E-state index in [0.29, 0.717) is 17.1 Å². The van der Waals surface area contributed by atoms with Gasteiger partial charge in [-0.2, -0.15) is 11.3 Å². The number of thiophene rings is 1. The molecule has 0 aliphatic heterocycles. The number of nitrogen functional groups attached to an aromatic ring is 2. The standard InChI is InChI=1S/C19H16N6OS/c20-14-2-4-15(5-3-14)25-10-18(23-24-25)19(26)22-17-9-12(1-6-16(17)21)13-7-8-27-11-13/h1-11H,20-21H2,(H,22,26). The Morgan fingerprint density at radius 2 is 1.85 bits per heavy atom. The quantitative estimate of drug-likeness (QED) is 0.473. The number of carbonyl (C=O) groups excluding carboxylic acids is 1. The summed E-state index contributed by atoms with van der Waals surface area (Å²) < 4.78 is 1.51. The van der Waals surface area contributed by atoms with E-state index >= 15 is 0 Å². The molecule has 27 heavy (non-hydrogen) atoms. The average molecular weight is 376 g/mol. The topological polar surface area (TPSA) is 112 Å². The molecule has 5 N–H and O–H groups in total. The van der Waals surface area contributed by atoms with Crippen molar-refractivity contribution in [3.63, 3.8) is 0 Å². The number of benzene rings is 2. The number of aromatic nitrogens is 3. The van der Waals surface area contributed by atoms with Gasteiger partial charge in [0.15, 0.2) is 5.69 Å². The van der Waals surface area contributed by atoms with Crippen LogP contribution >= 0.6 is 11.3 Å². The Morgan fingerprint density at radius 1 is 1.04 bits per heavy atom. The number of rotatable bonds is 4. The van der Waals surface area contributed by atoms with Crippen LogP contribution in [0.4, 0.5) is 17.1 Å². The number of hydrogen-bond acceptors (Lipinski definition) is 6. The van der Waals surface area contributed by atoms with E-state index in [1.54, 1.807) is 47.9 Å². The third kappa shape index (κ3) is 3.51. The van der Waals surface area contributed by atoms with Gasteiger partial charge in [-0.25, -0.2) is 4.68 Å². The Morgan fingerprint density at radius 3 is 2.59 bits per heavy atom. The number of nitrogens with zero attached hydrogens (tertiary/aromatic N) is 3. The first-order chi connectivity index (χ1) is 13.1. The molecule has 2 heterocycles. The van der Waals surface area contributed by atoms with Crippen molar-refractivity contribution in [2.75, 3.05) is 16.8 Å². The van der Waals surface area contributed by atoms with Gasteiger partial charge in [-0.05, 0) is 64.4 Å². The lowest BCUT2D eigenvalue weighted by molar-refractivity contribution is 0.102. The highest BCUT2D eigenvalue weighted by Gasteiger charge is 2.14. The number of amides is 1. The smallest absolute Gasteiger partial charge is 0.277 e. The van der Waals surface area contributed by atoms with Crippen LogP contribution in [0.25, 0.3) is 16.8 Å². The molecule has 4 aromatic rings. The van der Waals surface area contributed by atoms with E-state index in [9.17, 15) is 4.79 Å². The Bertz CT molecular complexity index is 1090. The van der Waals surface area contributed by atoms with E-state index in [1.165, 1.54) is 4.68 Å². The first-order valence-corrected chi connectivity index (χ1v) is 9.06. The number of nitrogens with two attached hydrogens (primary N) is 2. The van der Waals surface area contributed by atoms with E-state index in [-0.39, 0.29) is 11.6 Å². The highest BCUT2D eigenvalue weighted by molar-refractivity contribution is 7.08. The molecule has 0 bridgehead atoms. The van der Waals surface area contributed by atoms with Crippen molar-refractivity contribution >= 4 is 34.3 Å². The lowest BCUT2D eigenvalue weighted by atomic mass is 10.1. The minimum atomic E-state index is -0.383. The zero-order chi connectivity index (χ0) is 18.8. The molecule has 0 saturated carbocycles. The highest BCUT2D eigenvalue weighted by atomic mass is 32.1.